The SMILES string of the molecule is CC[C@H](C(=O)NC1CCCCC1)N(Cc1ccc(C)cc1)C(=O)CN(c1ccc(C)cc1)S(=O)(=O)c1ccc(C)cc1. The van der Waals surface area contributed by atoms with Gasteiger partial charge in [0.15, 0.2) is 0 Å². The van der Waals surface area contributed by atoms with Crippen molar-refractivity contribution in [2.75, 3.05) is 10.8 Å². The van der Waals surface area contributed by atoms with Crippen molar-refractivity contribution in [3.63, 3.8) is 0 Å². The number of sulfonamides is 1. The van der Waals surface area contributed by atoms with E-state index in [4.69, 9.17) is 0 Å². The molecule has 0 spiro atoms. The Kier molecular flexibility index (Phi) is 10.4. The number of carbonyl (C=O) groups is 2. The summed E-state index contributed by atoms with van der Waals surface area (Å²) in [6.07, 6.45) is 5.61. The number of carbonyl (C=O) groups excluding carboxylic acids is 2. The van der Waals surface area contributed by atoms with Crippen molar-refractivity contribution < 1.29 is 18.0 Å². The van der Waals surface area contributed by atoms with E-state index in [1.165, 1.54) is 6.42 Å². The number of rotatable bonds is 11. The third-order valence-corrected chi connectivity index (χ3v) is 9.81. The second-order valence-corrected chi connectivity index (χ2v) is 13.3. The largest absolute Gasteiger partial charge is 0.352 e. The minimum atomic E-state index is -4.08. The van der Waals surface area contributed by atoms with E-state index in [9.17, 15) is 18.0 Å². The van der Waals surface area contributed by atoms with E-state index in [1.54, 1.807) is 41.3 Å². The lowest BCUT2D eigenvalue weighted by molar-refractivity contribution is -0.140. The van der Waals surface area contributed by atoms with Crippen LogP contribution in [0.4, 0.5) is 5.69 Å². The molecule has 0 aromatic heterocycles. The Morgan fingerprint density at radius 3 is 1.88 bits per heavy atom. The molecule has 0 saturated heterocycles. The first kappa shape index (κ1) is 31.3. The van der Waals surface area contributed by atoms with Gasteiger partial charge in [0, 0.05) is 12.6 Å². The highest BCUT2D eigenvalue weighted by Gasteiger charge is 2.34. The molecule has 224 valence electrons. The fourth-order valence-corrected chi connectivity index (χ4v) is 6.85. The average molecular weight is 590 g/mol. The first-order valence-electron chi connectivity index (χ1n) is 14.9. The molecule has 1 atom stereocenters. The van der Waals surface area contributed by atoms with Crippen molar-refractivity contribution in [1.82, 2.24) is 10.2 Å². The number of amides is 2. The van der Waals surface area contributed by atoms with Gasteiger partial charge >= 0.3 is 0 Å². The van der Waals surface area contributed by atoms with Crippen LogP contribution in [0.15, 0.2) is 77.7 Å². The lowest BCUT2D eigenvalue weighted by Crippen LogP contribution is -2.54. The van der Waals surface area contributed by atoms with Gasteiger partial charge in [0.05, 0.1) is 10.6 Å². The molecule has 42 heavy (non-hydrogen) atoms. The number of nitrogens with one attached hydrogen (secondary N) is 1. The molecule has 2 amide bonds. The summed E-state index contributed by atoms with van der Waals surface area (Å²) in [6.45, 7) is 7.47. The topological polar surface area (TPSA) is 86.8 Å². The van der Waals surface area contributed by atoms with E-state index in [-0.39, 0.29) is 23.4 Å². The molecule has 0 unspecified atom stereocenters. The molecule has 1 fully saturated rings. The maximum Gasteiger partial charge on any atom is 0.264 e. The Bertz CT molecular complexity index is 1450. The zero-order valence-electron chi connectivity index (χ0n) is 25.2. The monoisotopic (exact) mass is 589 g/mol. The maximum atomic E-state index is 14.2. The Morgan fingerprint density at radius 1 is 0.810 bits per heavy atom. The number of aryl methyl sites for hydroxylation is 3. The summed E-state index contributed by atoms with van der Waals surface area (Å²) in [6, 6.07) is 20.9. The normalized spacial score (nSPS) is 14.7. The van der Waals surface area contributed by atoms with Gasteiger partial charge in [-0.1, -0.05) is 91.4 Å². The summed E-state index contributed by atoms with van der Waals surface area (Å²) in [5.74, 6) is -0.620. The van der Waals surface area contributed by atoms with E-state index < -0.39 is 28.5 Å². The molecule has 7 nitrogen and oxygen atoms in total. The quantitative estimate of drug-likeness (QED) is 0.294. The molecule has 0 aliphatic heterocycles. The van der Waals surface area contributed by atoms with Gasteiger partial charge in [0.25, 0.3) is 10.0 Å². The Hall–Kier alpha value is -3.65. The zero-order chi connectivity index (χ0) is 30.3. The van der Waals surface area contributed by atoms with E-state index in [1.807, 2.05) is 64.1 Å². The van der Waals surface area contributed by atoms with Crippen LogP contribution in [0.25, 0.3) is 0 Å². The molecule has 1 aliphatic carbocycles. The van der Waals surface area contributed by atoms with Gasteiger partial charge in [-0.3, -0.25) is 13.9 Å². The standard InChI is InChI=1S/C34H43N3O4S/c1-5-32(34(39)35-29-9-7-6-8-10-29)36(23-28-17-11-25(2)12-18-28)33(38)24-37(30-19-13-26(3)14-20-30)42(40,41)31-21-15-27(4)16-22-31/h11-22,29,32H,5-10,23-24H2,1-4H3,(H,35,39)/t32-/m1/s1. The first-order valence-corrected chi connectivity index (χ1v) is 16.3. The number of hydrogen-bond acceptors (Lipinski definition) is 4. The highest BCUT2D eigenvalue weighted by atomic mass is 32.2. The Balaban J connectivity index is 1.69. The van der Waals surface area contributed by atoms with E-state index in [0.29, 0.717) is 12.1 Å². The molecule has 3 aromatic carbocycles. The summed E-state index contributed by atoms with van der Waals surface area (Å²) in [4.78, 5) is 29.5. The van der Waals surface area contributed by atoms with Gasteiger partial charge in [-0.05, 0) is 69.9 Å². The van der Waals surface area contributed by atoms with Crippen molar-refractivity contribution >= 4 is 27.5 Å². The lowest BCUT2D eigenvalue weighted by Gasteiger charge is -2.34. The van der Waals surface area contributed by atoms with Crippen LogP contribution < -0.4 is 9.62 Å². The fraction of sp³-hybridized carbons (Fsp3) is 0.412. The molecule has 8 heteroatoms. The second kappa shape index (κ2) is 14.0. The third kappa shape index (κ3) is 7.79. The lowest BCUT2D eigenvalue weighted by atomic mass is 9.95. The number of nitrogens with zero attached hydrogens (tertiary/aromatic N) is 2. The minimum absolute atomic E-state index is 0.0996. The van der Waals surface area contributed by atoms with E-state index in [2.05, 4.69) is 5.32 Å². The van der Waals surface area contributed by atoms with Gasteiger partial charge in [0.2, 0.25) is 11.8 Å². The van der Waals surface area contributed by atoms with Crippen molar-refractivity contribution in [2.24, 2.45) is 0 Å². The van der Waals surface area contributed by atoms with Crippen molar-refractivity contribution in [3.05, 3.63) is 95.1 Å². The van der Waals surface area contributed by atoms with E-state index in [0.717, 1.165) is 52.2 Å². The van der Waals surface area contributed by atoms with Crippen molar-refractivity contribution in [3.8, 4) is 0 Å². The first-order chi connectivity index (χ1) is 20.1. The maximum absolute atomic E-state index is 14.2. The number of hydrogen-bond donors (Lipinski definition) is 1. The summed E-state index contributed by atoms with van der Waals surface area (Å²) < 4.78 is 29.1. The summed E-state index contributed by atoms with van der Waals surface area (Å²) in [7, 11) is -4.08. The van der Waals surface area contributed by atoms with Crippen LogP contribution in [0.2, 0.25) is 0 Å². The predicted octanol–water partition coefficient (Wildman–Crippen LogP) is 6.06. The van der Waals surface area contributed by atoms with Crippen LogP contribution in [0, 0.1) is 20.8 Å². The third-order valence-electron chi connectivity index (χ3n) is 8.02. The van der Waals surface area contributed by atoms with Gasteiger partial charge in [0.1, 0.15) is 12.6 Å². The van der Waals surface area contributed by atoms with Gasteiger partial charge in [-0.15, -0.1) is 0 Å². The molecule has 4 rings (SSSR count). The van der Waals surface area contributed by atoms with Crippen molar-refractivity contribution in [2.45, 2.75) is 89.7 Å². The summed E-state index contributed by atoms with van der Waals surface area (Å²) in [5.41, 5.74) is 4.27. The Morgan fingerprint density at radius 2 is 1.33 bits per heavy atom. The van der Waals surface area contributed by atoms with Crippen LogP contribution in [0.1, 0.15) is 67.7 Å². The van der Waals surface area contributed by atoms with Crippen molar-refractivity contribution in [1.29, 1.82) is 0 Å². The molecular formula is C34H43N3O4S. The smallest absolute Gasteiger partial charge is 0.264 e. The fourth-order valence-electron chi connectivity index (χ4n) is 5.43. The molecule has 1 saturated carbocycles. The van der Waals surface area contributed by atoms with Crippen LogP contribution in [0.3, 0.4) is 0 Å². The number of anilines is 1. The molecule has 1 aliphatic rings. The zero-order valence-corrected chi connectivity index (χ0v) is 26.0. The summed E-state index contributed by atoms with van der Waals surface area (Å²) >= 11 is 0. The minimum Gasteiger partial charge on any atom is -0.352 e. The predicted molar refractivity (Wildman–Crippen MR) is 168 cm³/mol. The molecule has 0 bridgehead atoms. The van der Waals surface area contributed by atoms with Crippen LogP contribution in [-0.4, -0.2) is 43.8 Å². The van der Waals surface area contributed by atoms with E-state index >= 15 is 0 Å². The molecule has 0 heterocycles. The average Bonchev–Trinajstić information content (AvgIpc) is 2.98. The second-order valence-electron chi connectivity index (χ2n) is 11.4. The van der Waals surface area contributed by atoms with Crippen LogP contribution in [0.5, 0.6) is 0 Å². The van der Waals surface area contributed by atoms with Gasteiger partial charge < -0.3 is 10.2 Å². The Labute approximate surface area is 251 Å². The van der Waals surface area contributed by atoms with Crippen LogP contribution in [-0.2, 0) is 26.2 Å². The van der Waals surface area contributed by atoms with Gasteiger partial charge in [-0.2, -0.15) is 0 Å². The number of benzene rings is 3. The molecule has 0 radical (unpaired) electrons. The van der Waals surface area contributed by atoms with Gasteiger partial charge in [-0.25, -0.2) is 8.42 Å². The molecule has 1 N–H and O–H groups in total. The highest BCUT2D eigenvalue weighted by molar-refractivity contribution is 7.92. The highest BCUT2D eigenvalue weighted by Crippen LogP contribution is 2.26. The summed E-state index contributed by atoms with van der Waals surface area (Å²) in [5, 5.41) is 3.19. The molecular weight excluding hydrogens is 546 g/mol. The van der Waals surface area contributed by atoms with Crippen LogP contribution >= 0.6 is 0 Å². The molecule has 3 aromatic rings.